The number of nitrogens with one attached hydrogen (secondary N) is 1. The first-order valence-corrected chi connectivity index (χ1v) is 7.77. The van der Waals surface area contributed by atoms with Gasteiger partial charge in [0.15, 0.2) is 11.6 Å². The first-order chi connectivity index (χ1) is 11.7. The van der Waals surface area contributed by atoms with Crippen LogP contribution in [-0.2, 0) is 0 Å². The van der Waals surface area contributed by atoms with Crippen molar-refractivity contribution in [3.8, 4) is 0 Å². The summed E-state index contributed by atoms with van der Waals surface area (Å²) < 4.78 is 27.1. The van der Waals surface area contributed by atoms with Gasteiger partial charge in [-0.15, -0.1) is 0 Å². The van der Waals surface area contributed by atoms with Crippen LogP contribution in [-0.4, -0.2) is 25.2 Å². The molecule has 1 N–H and O–H groups in total. The van der Waals surface area contributed by atoms with Crippen molar-refractivity contribution in [1.82, 2.24) is 5.43 Å². The van der Waals surface area contributed by atoms with Crippen LogP contribution in [0.25, 0.3) is 0 Å². The highest BCUT2D eigenvalue weighted by Gasteiger charge is 2.41. The third kappa shape index (κ3) is 3.82. The van der Waals surface area contributed by atoms with Crippen molar-refractivity contribution in [2.75, 3.05) is 6.54 Å². The first kappa shape index (κ1) is 16.2. The average Bonchev–Trinajstić information content (AvgIpc) is 3.33. The van der Waals surface area contributed by atoms with E-state index < -0.39 is 11.6 Å². The molecule has 1 aromatic carbocycles. The highest BCUT2D eigenvalue weighted by Crippen LogP contribution is 2.52. The lowest BCUT2D eigenvalue weighted by atomic mass is 10.0. The lowest BCUT2D eigenvalue weighted by Crippen LogP contribution is -2.12. The van der Waals surface area contributed by atoms with Gasteiger partial charge in [-0.1, -0.05) is 6.07 Å². The monoisotopic (exact) mass is 328 g/mol. The number of aryl methyl sites for hydroxylation is 1. The summed E-state index contributed by atoms with van der Waals surface area (Å²) in [5.41, 5.74) is 5.22. The van der Waals surface area contributed by atoms with Crippen LogP contribution < -0.4 is 5.43 Å². The van der Waals surface area contributed by atoms with Crippen LogP contribution >= 0.6 is 0 Å². The van der Waals surface area contributed by atoms with Crippen LogP contribution in [0, 0.1) is 24.5 Å². The fraction of sp³-hybridized carbons (Fsp3) is 0.278. The highest BCUT2D eigenvalue weighted by atomic mass is 19.2. The van der Waals surface area contributed by atoms with E-state index in [-0.39, 0.29) is 11.8 Å². The Bertz CT molecular complexity index is 739. The topological polar surface area (TPSA) is 49.1 Å². The van der Waals surface area contributed by atoms with Gasteiger partial charge in [-0.05, 0) is 54.0 Å². The van der Waals surface area contributed by atoms with Crippen molar-refractivity contribution in [3.05, 3.63) is 58.9 Å². The lowest BCUT2D eigenvalue weighted by molar-refractivity contribution is 0.501. The molecule has 0 aromatic heterocycles. The molecule has 0 radical (unpaired) electrons. The molecule has 1 aliphatic carbocycles. The highest BCUT2D eigenvalue weighted by molar-refractivity contribution is 6.16. The Kier molecular flexibility index (Phi) is 4.93. The Morgan fingerprint density at radius 1 is 1.08 bits per heavy atom. The van der Waals surface area contributed by atoms with Crippen LogP contribution in [0.1, 0.15) is 23.5 Å². The number of allylic oxidation sites excluding steroid dienone is 1. The number of halogens is 2. The van der Waals surface area contributed by atoms with Crippen LogP contribution in [0.3, 0.4) is 0 Å². The van der Waals surface area contributed by atoms with Crippen LogP contribution in [0.15, 0.2) is 51.3 Å². The van der Waals surface area contributed by atoms with E-state index in [0.29, 0.717) is 12.1 Å². The molecule has 3 rings (SSSR count). The molecule has 6 heteroatoms. The zero-order chi connectivity index (χ0) is 16.9. The molecular formula is C18H18F2N4. The standard InChI is InChI=1S/C18H18F2N4/c1-12-7-13(8-17(19)18(12)20)15-9-16(15)14-10-22-6-5-21-3-2-4-23-24-11-14/h2-8,10,15-16,24H,9,11H2,1H3/b3-2-,14-10+,21-5+,22-6+,23-4-. The number of aliphatic imine (C=N–C) groups is 2. The summed E-state index contributed by atoms with van der Waals surface area (Å²) in [6.45, 7) is 2.14. The maximum atomic E-state index is 13.6. The van der Waals surface area contributed by atoms with Gasteiger partial charge >= 0.3 is 0 Å². The Hall–Kier alpha value is -2.63. The molecule has 0 spiro atoms. The van der Waals surface area contributed by atoms with Crippen LogP contribution in [0.4, 0.5) is 8.78 Å². The molecule has 124 valence electrons. The van der Waals surface area contributed by atoms with Gasteiger partial charge in [-0.2, -0.15) is 5.10 Å². The van der Waals surface area contributed by atoms with Crippen molar-refractivity contribution in [3.63, 3.8) is 0 Å². The maximum Gasteiger partial charge on any atom is 0.161 e. The fourth-order valence-corrected chi connectivity index (χ4v) is 2.80. The summed E-state index contributed by atoms with van der Waals surface area (Å²) in [6, 6.07) is 3.03. The van der Waals surface area contributed by atoms with Gasteiger partial charge in [-0.3, -0.25) is 9.98 Å². The Morgan fingerprint density at radius 2 is 1.92 bits per heavy atom. The minimum Gasteiger partial charge on any atom is -0.306 e. The molecule has 1 aliphatic heterocycles. The molecule has 1 fully saturated rings. The number of hydrogen-bond donors (Lipinski definition) is 1. The molecule has 4 nitrogen and oxygen atoms in total. The minimum atomic E-state index is -0.785. The van der Waals surface area contributed by atoms with Crippen molar-refractivity contribution in [1.29, 1.82) is 0 Å². The van der Waals surface area contributed by atoms with Gasteiger partial charge in [0.1, 0.15) is 0 Å². The van der Waals surface area contributed by atoms with E-state index in [0.717, 1.165) is 17.6 Å². The number of hydrazone groups is 1. The lowest BCUT2D eigenvalue weighted by Gasteiger charge is -2.08. The summed E-state index contributed by atoms with van der Waals surface area (Å²) in [4.78, 5) is 8.23. The van der Waals surface area contributed by atoms with E-state index in [2.05, 4.69) is 20.5 Å². The van der Waals surface area contributed by atoms with E-state index >= 15 is 0 Å². The molecule has 0 saturated heterocycles. The predicted octanol–water partition coefficient (Wildman–Crippen LogP) is 3.50. The van der Waals surface area contributed by atoms with Gasteiger partial charge in [0.25, 0.3) is 0 Å². The Labute approximate surface area is 139 Å². The summed E-state index contributed by atoms with van der Waals surface area (Å²) in [5, 5.41) is 4.06. The fourth-order valence-electron chi connectivity index (χ4n) is 2.80. The number of rotatable bonds is 2. The normalized spacial score (nSPS) is 30.7. The van der Waals surface area contributed by atoms with E-state index in [9.17, 15) is 8.78 Å². The van der Waals surface area contributed by atoms with Crippen LogP contribution in [0.5, 0.6) is 0 Å². The van der Waals surface area contributed by atoms with Gasteiger partial charge in [0.2, 0.25) is 0 Å². The molecule has 0 amide bonds. The summed E-state index contributed by atoms with van der Waals surface area (Å²) >= 11 is 0. The molecular weight excluding hydrogens is 310 g/mol. The molecule has 2 atom stereocenters. The van der Waals surface area contributed by atoms with Crippen LogP contribution in [0.2, 0.25) is 0 Å². The second-order valence-corrected chi connectivity index (χ2v) is 5.84. The molecule has 2 aliphatic rings. The van der Waals surface area contributed by atoms with E-state index in [1.165, 1.54) is 6.07 Å². The third-order valence-corrected chi connectivity index (χ3v) is 4.11. The summed E-state index contributed by atoms with van der Waals surface area (Å²) in [6.07, 6.45) is 10.8. The summed E-state index contributed by atoms with van der Waals surface area (Å²) in [5.74, 6) is -1.11. The number of hydrogen-bond acceptors (Lipinski definition) is 4. The quantitative estimate of drug-likeness (QED) is 0.887. The Morgan fingerprint density at radius 3 is 2.75 bits per heavy atom. The van der Waals surface area contributed by atoms with E-state index in [4.69, 9.17) is 0 Å². The van der Waals surface area contributed by atoms with E-state index in [1.807, 2.05) is 0 Å². The largest absolute Gasteiger partial charge is 0.306 e. The van der Waals surface area contributed by atoms with Crippen molar-refractivity contribution in [2.24, 2.45) is 21.0 Å². The first-order valence-electron chi connectivity index (χ1n) is 7.77. The SMILES string of the molecule is Cc1cc(C2CC2/C2=C/N=C/C=N/C=C\C=N/NC2)cc(F)c1F. The molecule has 1 saturated carbocycles. The zero-order valence-electron chi connectivity index (χ0n) is 13.3. The molecule has 0 bridgehead atoms. The average molecular weight is 328 g/mol. The van der Waals surface area contributed by atoms with E-state index in [1.54, 1.807) is 50.1 Å². The number of benzene rings is 1. The predicted molar refractivity (Wildman–Crippen MR) is 92.6 cm³/mol. The third-order valence-electron chi connectivity index (χ3n) is 4.11. The van der Waals surface area contributed by atoms with Gasteiger partial charge in [-0.25, -0.2) is 8.78 Å². The zero-order valence-corrected chi connectivity index (χ0v) is 13.3. The smallest absolute Gasteiger partial charge is 0.161 e. The number of nitrogens with zero attached hydrogens (tertiary/aromatic N) is 3. The maximum absolute atomic E-state index is 13.6. The van der Waals surface area contributed by atoms with Gasteiger partial charge < -0.3 is 5.43 Å². The second-order valence-electron chi connectivity index (χ2n) is 5.84. The summed E-state index contributed by atoms with van der Waals surface area (Å²) in [7, 11) is 0. The molecule has 2 unspecified atom stereocenters. The minimum absolute atomic E-state index is 0.187. The van der Waals surface area contributed by atoms with Gasteiger partial charge in [0, 0.05) is 31.0 Å². The molecule has 24 heavy (non-hydrogen) atoms. The molecule has 1 heterocycles. The second kappa shape index (κ2) is 7.29. The van der Waals surface area contributed by atoms with Crippen molar-refractivity contribution in [2.45, 2.75) is 19.3 Å². The van der Waals surface area contributed by atoms with Crippen molar-refractivity contribution >= 4 is 18.6 Å². The van der Waals surface area contributed by atoms with Gasteiger partial charge in [0.05, 0.1) is 6.54 Å². The molecule has 1 aromatic rings. The van der Waals surface area contributed by atoms with Crippen molar-refractivity contribution < 1.29 is 8.78 Å². The Balaban J connectivity index is 1.77.